The van der Waals surface area contributed by atoms with E-state index in [1.807, 2.05) is 55.3 Å². The largest absolute Gasteiger partial charge is 0.493 e. The molecule has 0 radical (unpaired) electrons. The summed E-state index contributed by atoms with van der Waals surface area (Å²) in [4.78, 5) is 47.8. The minimum Gasteiger partial charge on any atom is -0.493 e. The van der Waals surface area contributed by atoms with Crippen molar-refractivity contribution in [2.75, 3.05) is 44.6 Å². The highest BCUT2D eigenvalue weighted by Crippen LogP contribution is 2.45. The molecule has 3 aromatic rings. The molecule has 3 aromatic carbocycles. The Bertz CT molecular complexity index is 2080. The molecule has 4 heterocycles. The molecule has 8 rings (SSSR count). The van der Waals surface area contributed by atoms with Gasteiger partial charge in [-0.3, -0.25) is 19.4 Å². The van der Waals surface area contributed by atoms with Gasteiger partial charge in [0.1, 0.15) is 0 Å². The molecule has 1 saturated carbocycles. The Morgan fingerprint density at radius 3 is 2.24 bits per heavy atom. The topological polar surface area (TPSA) is 131 Å². The van der Waals surface area contributed by atoms with Gasteiger partial charge in [-0.2, -0.15) is 0 Å². The molecule has 54 heavy (non-hydrogen) atoms. The number of nitrogens with zero attached hydrogens (tertiary/aromatic N) is 3. The number of hydrogen-bond acceptors (Lipinski definition) is 9. The minimum atomic E-state index is -0.236. The van der Waals surface area contributed by atoms with Gasteiger partial charge in [-0.1, -0.05) is 26.0 Å². The maximum Gasteiger partial charge on any atom is 0.260 e. The number of carbonyl (C=O) groups excluding carboxylic acids is 3. The quantitative estimate of drug-likeness (QED) is 0.190. The molecule has 3 amide bonds. The Balaban J connectivity index is 0.893. The predicted molar refractivity (Wildman–Crippen MR) is 206 cm³/mol. The first-order chi connectivity index (χ1) is 26.2. The number of fused-ring (bicyclic) bond motifs is 4. The molecule has 1 fully saturated rings. The van der Waals surface area contributed by atoms with Gasteiger partial charge in [-0.15, -0.1) is 0 Å². The maximum absolute atomic E-state index is 13.8. The molecule has 2 atom stereocenters. The van der Waals surface area contributed by atoms with Crippen LogP contribution in [-0.4, -0.2) is 79.8 Å². The van der Waals surface area contributed by atoms with Crippen LogP contribution < -0.4 is 29.6 Å². The van der Waals surface area contributed by atoms with Crippen molar-refractivity contribution in [2.24, 2.45) is 16.8 Å². The molecular weight excluding hydrogens is 686 g/mol. The fourth-order valence-corrected chi connectivity index (χ4v) is 7.40. The van der Waals surface area contributed by atoms with Gasteiger partial charge in [-0.05, 0) is 66.2 Å². The molecule has 0 spiro atoms. The van der Waals surface area contributed by atoms with Crippen molar-refractivity contribution in [3.05, 3.63) is 83.2 Å². The molecule has 2 N–H and O–H groups in total. The molecule has 0 bridgehead atoms. The van der Waals surface area contributed by atoms with Gasteiger partial charge in [0.2, 0.25) is 5.91 Å². The van der Waals surface area contributed by atoms with Crippen LogP contribution in [0.15, 0.2) is 71.5 Å². The number of aliphatic imine (C=N–C) groups is 1. The van der Waals surface area contributed by atoms with E-state index in [1.54, 1.807) is 43.5 Å². The summed E-state index contributed by atoms with van der Waals surface area (Å²) in [6, 6.07) is 14.6. The second-order valence-electron chi connectivity index (χ2n) is 14.7. The van der Waals surface area contributed by atoms with E-state index in [2.05, 4.69) is 16.8 Å². The van der Waals surface area contributed by atoms with E-state index in [0.717, 1.165) is 28.9 Å². The predicted octanol–water partition coefficient (Wildman–Crippen LogP) is 7.05. The first-order valence-corrected chi connectivity index (χ1v) is 18.7. The van der Waals surface area contributed by atoms with Gasteiger partial charge in [0.05, 0.1) is 62.0 Å². The van der Waals surface area contributed by atoms with Crippen LogP contribution >= 0.6 is 0 Å². The molecule has 12 nitrogen and oxygen atoms in total. The zero-order chi connectivity index (χ0) is 37.5. The highest BCUT2D eigenvalue weighted by molar-refractivity contribution is 6.05. The second-order valence-corrected chi connectivity index (χ2v) is 14.7. The van der Waals surface area contributed by atoms with Crippen molar-refractivity contribution in [2.45, 2.75) is 58.0 Å². The molecule has 0 aromatic heterocycles. The Hall–Kier alpha value is -5.78. The van der Waals surface area contributed by atoms with E-state index in [-0.39, 0.29) is 35.7 Å². The monoisotopic (exact) mass is 731 g/mol. The fraction of sp³-hybridized carbons (Fsp3) is 0.381. The van der Waals surface area contributed by atoms with Gasteiger partial charge in [0.15, 0.2) is 23.0 Å². The van der Waals surface area contributed by atoms with Gasteiger partial charge < -0.3 is 39.4 Å². The SMILES string of the molecule is COc1cc2c(cc1OCCCOc1cc3c(cc1OC)C(=O)N1C=C(C4CC4)CC1CN3)N=CC1CC(c3ccc(NC(=O)C(C)C)cc3)=CN1C2=O. The highest BCUT2D eigenvalue weighted by Gasteiger charge is 2.39. The molecule has 12 heteroatoms. The summed E-state index contributed by atoms with van der Waals surface area (Å²) in [6.07, 6.45) is 10.3. The van der Waals surface area contributed by atoms with E-state index >= 15 is 0 Å². The van der Waals surface area contributed by atoms with E-state index in [1.165, 1.54) is 18.4 Å². The van der Waals surface area contributed by atoms with Crippen molar-refractivity contribution in [1.82, 2.24) is 9.80 Å². The van der Waals surface area contributed by atoms with Crippen molar-refractivity contribution in [3.8, 4) is 23.0 Å². The Labute approximate surface area is 314 Å². The van der Waals surface area contributed by atoms with Crippen LogP contribution in [0.4, 0.5) is 17.1 Å². The first kappa shape index (κ1) is 35.3. The van der Waals surface area contributed by atoms with Crippen molar-refractivity contribution < 1.29 is 33.3 Å². The van der Waals surface area contributed by atoms with Gasteiger partial charge >= 0.3 is 0 Å². The van der Waals surface area contributed by atoms with E-state index in [9.17, 15) is 14.4 Å². The number of amides is 3. The molecule has 280 valence electrons. The highest BCUT2D eigenvalue weighted by atomic mass is 16.5. The number of ether oxygens (including phenoxy) is 4. The zero-order valence-electron chi connectivity index (χ0n) is 31.0. The van der Waals surface area contributed by atoms with Crippen LogP contribution in [0.3, 0.4) is 0 Å². The number of hydrogen-bond donors (Lipinski definition) is 2. The third kappa shape index (κ3) is 6.88. The first-order valence-electron chi connectivity index (χ1n) is 18.7. The summed E-state index contributed by atoms with van der Waals surface area (Å²) >= 11 is 0. The third-order valence-electron chi connectivity index (χ3n) is 10.6. The maximum atomic E-state index is 13.8. The summed E-state index contributed by atoms with van der Waals surface area (Å²) in [7, 11) is 3.12. The summed E-state index contributed by atoms with van der Waals surface area (Å²) in [5.74, 6) is 2.26. The summed E-state index contributed by atoms with van der Waals surface area (Å²) in [5, 5.41) is 6.39. The normalized spacial score (nSPS) is 19.8. The van der Waals surface area contributed by atoms with Crippen LogP contribution in [0, 0.1) is 11.8 Å². The Morgan fingerprint density at radius 2 is 1.56 bits per heavy atom. The number of nitrogens with one attached hydrogen (secondary N) is 2. The van der Waals surface area contributed by atoms with Gasteiger partial charge in [0.25, 0.3) is 11.8 Å². The smallest absolute Gasteiger partial charge is 0.260 e. The van der Waals surface area contributed by atoms with E-state index in [0.29, 0.717) is 78.3 Å². The average Bonchev–Trinajstić information content (AvgIpc) is 3.86. The van der Waals surface area contributed by atoms with Gasteiger partial charge in [0, 0.05) is 61.7 Å². The summed E-state index contributed by atoms with van der Waals surface area (Å²) in [5.41, 5.74) is 6.35. The van der Waals surface area contributed by atoms with Crippen molar-refractivity contribution in [3.63, 3.8) is 0 Å². The van der Waals surface area contributed by atoms with Crippen molar-refractivity contribution in [1.29, 1.82) is 0 Å². The lowest BCUT2D eigenvalue weighted by Gasteiger charge is -2.20. The molecule has 2 unspecified atom stereocenters. The van der Waals surface area contributed by atoms with Crippen LogP contribution in [0.1, 0.15) is 72.2 Å². The van der Waals surface area contributed by atoms with Crippen LogP contribution in [0.2, 0.25) is 0 Å². The number of anilines is 2. The van der Waals surface area contributed by atoms with E-state index < -0.39 is 0 Å². The van der Waals surface area contributed by atoms with Gasteiger partial charge in [-0.25, -0.2) is 0 Å². The Morgan fingerprint density at radius 1 is 0.870 bits per heavy atom. The standard InChI is InChI=1S/C42H45N5O7/c1-24(2)40(48)45-29-10-8-26(9-11-29)28-15-31-21-44-35-19-39(37(52-4)17-33(35)42(50)47(31)23-28)54-13-5-12-53-38-18-34-32(16-36(38)51-3)41(49)46-22-27(25-6-7-25)14-30(46)20-43-34/h8-11,16-19,21-25,30-31,43H,5-7,12-15,20H2,1-4H3,(H,45,48). The lowest BCUT2D eigenvalue weighted by molar-refractivity contribution is -0.118. The number of benzene rings is 3. The number of rotatable bonds is 12. The van der Waals surface area contributed by atoms with Crippen LogP contribution in [0.5, 0.6) is 23.0 Å². The van der Waals surface area contributed by atoms with Crippen LogP contribution in [-0.2, 0) is 4.79 Å². The Kier molecular flexibility index (Phi) is 9.51. The zero-order valence-corrected chi connectivity index (χ0v) is 31.0. The summed E-state index contributed by atoms with van der Waals surface area (Å²) < 4.78 is 23.6. The number of methoxy groups -OCH3 is 2. The third-order valence-corrected chi connectivity index (χ3v) is 10.6. The lowest BCUT2D eigenvalue weighted by Crippen LogP contribution is -2.34. The molecule has 1 aliphatic carbocycles. The van der Waals surface area contributed by atoms with E-state index in [4.69, 9.17) is 23.9 Å². The molecule has 4 aliphatic heterocycles. The lowest BCUT2D eigenvalue weighted by atomic mass is 10.0. The fourth-order valence-electron chi connectivity index (χ4n) is 7.40. The molecule has 5 aliphatic rings. The second kappa shape index (κ2) is 14.6. The summed E-state index contributed by atoms with van der Waals surface area (Å²) in [6.45, 7) is 5.05. The average molecular weight is 732 g/mol. The van der Waals surface area contributed by atoms with Crippen LogP contribution in [0.25, 0.3) is 5.57 Å². The van der Waals surface area contributed by atoms with Crippen molar-refractivity contribution >= 4 is 46.6 Å². The molecule has 0 saturated heterocycles. The minimum absolute atomic E-state index is 0.0206. The number of carbonyl (C=O) groups is 3. The molecular formula is C42H45N5O7.